The Balaban J connectivity index is 0.695. The third-order valence-corrected chi connectivity index (χ3v) is 13.0. The number of imide groups is 2. The highest BCUT2D eigenvalue weighted by Gasteiger charge is 2.45. The van der Waals surface area contributed by atoms with Crippen LogP contribution in [0.1, 0.15) is 79.5 Å². The maximum Gasteiger partial charge on any atom is 0.262 e. The van der Waals surface area contributed by atoms with Gasteiger partial charge in [-0.25, -0.2) is 9.97 Å². The number of nitrogens with one attached hydrogen (secondary N) is 2. The average Bonchev–Trinajstić information content (AvgIpc) is 3.78. The molecule has 5 aliphatic heterocycles. The molecule has 4 amide bonds. The Labute approximate surface area is 344 Å². The summed E-state index contributed by atoms with van der Waals surface area (Å²) in [5.74, 6) is 1.34. The zero-order valence-electron chi connectivity index (χ0n) is 34.1. The molecule has 2 aromatic carbocycles. The molecule has 5 aliphatic rings. The fourth-order valence-corrected chi connectivity index (χ4v) is 9.67. The van der Waals surface area contributed by atoms with Gasteiger partial charge in [0.25, 0.3) is 11.8 Å². The summed E-state index contributed by atoms with van der Waals surface area (Å²) in [6.45, 7) is 14.3. The first-order valence-corrected chi connectivity index (χ1v) is 21.4. The van der Waals surface area contributed by atoms with Crippen molar-refractivity contribution in [1.82, 2.24) is 40.2 Å². The number of piperidine rings is 3. The number of aromatic nitrogens is 4. The number of nitrogens with zero attached hydrogens (tertiary/aromatic N) is 8. The molecule has 0 spiro atoms. The Bertz CT molecular complexity index is 2220. The molecule has 2 N–H and O–H groups in total. The van der Waals surface area contributed by atoms with Crippen molar-refractivity contribution < 1.29 is 23.9 Å². The lowest BCUT2D eigenvalue weighted by Crippen LogP contribution is -2.54. The van der Waals surface area contributed by atoms with Gasteiger partial charge in [-0.3, -0.25) is 39.4 Å². The third kappa shape index (κ3) is 8.27. The van der Waals surface area contributed by atoms with E-state index >= 15 is 0 Å². The van der Waals surface area contributed by atoms with E-state index in [2.05, 4.69) is 51.1 Å². The predicted octanol–water partition coefficient (Wildman–Crippen LogP) is 4.35. The van der Waals surface area contributed by atoms with Crippen molar-refractivity contribution in [2.24, 2.45) is 11.8 Å². The molecule has 9 rings (SSSR count). The van der Waals surface area contributed by atoms with E-state index in [0.717, 1.165) is 129 Å². The lowest BCUT2D eigenvalue weighted by Gasteiger charge is -2.39. The van der Waals surface area contributed by atoms with Crippen LogP contribution in [0.15, 0.2) is 48.8 Å². The molecule has 1 atom stereocenters. The summed E-state index contributed by atoms with van der Waals surface area (Å²) in [6, 6.07) is 12.5. The van der Waals surface area contributed by atoms with Crippen LogP contribution >= 0.6 is 0 Å². The van der Waals surface area contributed by atoms with Gasteiger partial charge in [-0.05, 0) is 114 Å². The van der Waals surface area contributed by atoms with Crippen LogP contribution in [0.25, 0.3) is 22.3 Å². The molecule has 0 radical (unpaired) electrons. The number of piperazine rings is 1. The quantitative estimate of drug-likeness (QED) is 0.207. The maximum absolute atomic E-state index is 13.3. The molecular weight excluding hydrogens is 749 g/mol. The molecule has 7 heterocycles. The van der Waals surface area contributed by atoms with Crippen molar-refractivity contribution in [3.63, 3.8) is 0 Å². The van der Waals surface area contributed by atoms with Crippen LogP contribution in [0, 0.1) is 11.8 Å². The number of fused-ring (bicyclic) bond motifs is 2. The number of likely N-dealkylation sites (tertiary alicyclic amines) is 1. The largest absolute Gasteiger partial charge is 0.491 e. The minimum absolute atomic E-state index is 0.0929. The Morgan fingerprint density at radius 2 is 1.46 bits per heavy atom. The molecule has 2 aromatic heterocycles. The van der Waals surface area contributed by atoms with E-state index < -0.39 is 23.8 Å². The van der Waals surface area contributed by atoms with Crippen LogP contribution in [0.5, 0.6) is 5.75 Å². The standard InChI is InChI=1S/C44H54N10O5/c1-28(2)59-32-4-6-36-35(25-32)41(49-48-36)37-26-39(46-27-45-37)53-21-19-51(20-22-53)18-17-50-13-9-29(10-14-50)23-30-11-15-52(16-12-30)31-3-5-33-34(24-31)44(58)54(43(33)57)38-7-8-40(55)47-42(38)56/h3-6,24-30,38H,7-23H2,1-2H3,(H,48,49)(H,47,55,56). The highest BCUT2D eigenvalue weighted by molar-refractivity contribution is 6.23. The number of carbonyl (C=O) groups excluding carboxylic acids is 4. The highest BCUT2D eigenvalue weighted by Crippen LogP contribution is 2.35. The number of ether oxygens (including phenoxy) is 1. The van der Waals surface area contributed by atoms with Crippen LogP contribution in [0.3, 0.4) is 0 Å². The summed E-state index contributed by atoms with van der Waals surface area (Å²) in [5, 5.41) is 11.0. The van der Waals surface area contributed by atoms with E-state index in [0.29, 0.717) is 17.0 Å². The first kappa shape index (κ1) is 39.1. The molecule has 59 heavy (non-hydrogen) atoms. The van der Waals surface area contributed by atoms with Crippen molar-refractivity contribution in [3.8, 4) is 17.1 Å². The number of aromatic amines is 1. The Morgan fingerprint density at radius 3 is 2.19 bits per heavy atom. The minimum Gasteiger partial charge on any atom is -0.491 e. The first-order chi connectivity index (χ1) is 28.7. The predicted molar refractivity (Wildman–Crippen MR) is 223 cm³/mol. The summed E-state index contributed by atoms with van der Waals surface area (Å²) in [4.78, 5) is 70.7. The molecule has 4 fully saturated rings. The molecule has 15 nitrogen and oxygen atoms in total. The van der Waals surface area contributed by atoms with E-state index in [1.807, 2.05) is 44.2 Å². The molecule has 15 heteroatoms. The van der Waals surface area contributed by atoms with Crippen molar-refractivity contribution >= 4 is 46.0 Å². The summed E-state index contributed by atoms with van der Waals surface area (Å²) in [6.07, 6.45) is 8.02. The second-order valence-corrected chi connectivity index (χ2v) is 17.2. The first-order valence-electron chi connectivity index (χ1n) is 21.4. The zero-order chi connectivity index (χ0) is 40.6. The Hall–Kier alpha value is -5.41. The third-order valence-electron chi connectivity index (χ3n) is 13.0. The average molecular weight is 803 g/mol. The van der Waals surface area contributed by atoms with Crippen LogP contribution in [0.2, 0.25) is 0 Å². The monoisotopic (exact) mass is 802 g/mol. The van der Waals surface area contributed by atoms with Gasteiger partial charge in [-0.2, -0.15) is 5.10 Å². The number of benzene rings is 2. The van der Waals surface area contributed by atoms with E-state index in [-0.39, 0.29) is 24.9 Å². The van der Waals surface area contributed by atoms with Crippen LogP contribution in [0.4, 0.5) is 11.5 Å². The fourth-order valence-electron chi connectivity index (χ4n) is 9.67. The van der Waals surface area contributed by atoms with Gasteiger partial charge in [0.1, 0.15) is 29.6 Å². The lowest BCUT2D eigenvalue weighted by molar-refractivity contribution is -0.136. The maximum atomic E-state index is 13.3. The van der Waals surface area contributed by atoms with Gasteiger partial charge in [0.15, 0.2) is 0 Å². The number of hydrogen-bond donors (Lipinski definition) is 2. The fraction of sp³-hybridized carbons (Fsp3) is 0.523. The normalized spacial score (nSPS) is 21.5. The van der Waals surface area contributed by atoms with E-state index in [1.165, 1.54) is 19.3 Å². The molecule has 4 saturated heterocycles. The van der Waals surface area contributed by atoms with Gasteiger partial charge >= 0.3 is 0 Å². The van der Waals surface area contributed by atoms with Gasteiger partial charge in [-0.1, -0.05) is 0 Å². The van der Waals surface area contributed by atoms with Crippen molar-refractivity contribution in [1.29, 1.82) is 0 Å². The van der Waals surface area contributed by atoms with Gasteiger partial charge in [0.05, 0.1) is 28.4 Å². The smallest absolute Gasteiger partial charge is 0.262 e. The number of anilines is 2. The van der Waals surface area contributed by atoms with Gasteiger partial charge in [0, 0.05) is 75.9 Å². The highest BCUT2D eigenvalue weighted by atomic mass is 16.5. The van der Waals surface area contributed by atoms with E-state index in [1.54, 1.807) is 12.4 Å². The molecular formula is C44H54N10O5. The number of amides is 4. The second-order valence-electron chi connectivity index (χ2n) is 17.2. The summed E-state index contributed by atoms with van der Waals surface area (Å²) >= 11 is 0. The number of rotatable bonds is 11. The molecule has 4 aromatic rings. The molecule has 0 bridgehead atoms. The molecule has 0 aliphatic carbocycles. The van der Waals surface area contributed by atoms with Crippen molar-refractivity contribution in [2.75, 3.05) is 75.2 Å². The second kappa shape index (κ2) is 16.7. The Morgan fingerprint density at radius 1 is 0.746 bits per heavy atom. The summed E-state index contributed by atoms with van der Waals surface area (Å²) in [5.41, 5.74) is 4.17. The topological polar surface area (TPSA) is 160 Å². The van der Waals surface area contributed by atoms with E-state index in [4.69, 9.17) is 4.74 Å². The SMILES string of the molecule is CC(C)Oc1ccc2[nH]nc(-c3cc(N4CCN(CCN5CCC(CC6CCN(c7ccc8c(c7)C(=O)N(C7CCC(=O)NC7=O)C8=O)CC6)CC5)CC4)ncn3)c2c1. The van der Waals surface area contributed by atoms with Crippen molar-refractivity contribution in [2.45, 2.75) is 70.9 Å². The van der Waals surface area contributed by atoms with Gasteiger partial charge < -0.3 is 19.4 Å². The lowest BCUT2D eigenvalue weighted by atomic mass is 9.82. The van der Waals surface area contributed by atoms with Crippen LogP contribution < -0.4 is 19.9 Å². The molecule has 1 unspecified atom stereocenters. The molecule has 0 saturated carbocycles. The summed E-state index contributed by atoms with van der Waals surface area (Å²) < 4.78 is 5.93. The minimum atomic E-state index is -0.948. The Kier molecular flexibility index (Phi) is 11.0. The van der Waals surface area contributed by atoms with Gasteiger partial charge in [0.2, 0.25) is 11.8 Å². The van der Waals surface area contributed by atoms with Crippen molar-refractivity contribution in [3.05, 3.63) is 59.9 Å². The number of H-pyrrole nitrogens is 1. The zero-order valence-corrected chi connectivity index (χ0v) is 34.1. The van der Waals surface area contributed by atoms with Crippen LogP contribution in [-0.2, 0) is 9.59 Å². The van der Waals surface area contributed by atoms with Gasteiger partial charge in [-0.15, -0.1) is 0 Å². The number of hydrogen-bond acceptors (Lipinski definition) is 12. The summed E-state index contributed by atoms with van der Waals surface area (Å²) in [7, 11) is 0. The molecule has 310 valence electrons. The number of carbonyl (C=O) groups is 4. The van der Waals surface area contributed by atoms with E-state index in [9.17, 15) is 19.2 Å². The van der Waals surface area contributed by atoms with Crippen LogP contribution in [-0.4, -0.2) is 136 Å².